The van der Waals surface area contributed by atoms with Crippen molar-refractivity contribution in [1.29, 1.82) is 0 Å². The first-order chi connectivity index (χ1) is 10.0. The van der Waals surface area contributed by atoms with Gasteiger partial charge in [-0.15, -0.1) is 0 Å². The van der Waals surface area contributed by atoms with Gasteiger partial charge in [-0.3, -0.25) is 0 Å². The molecule has 1 N–H and O–H groups in total. The lowest BCUT2D eigenvalue weighted by atomic mass is 9.83. The first-order valence-corrected chi connectivity index (χ1v) is 7.56. The van der Waals surface area contributed by atoms with E-state index in [2.05, 4.69) is 50.3 Å². The van der Waals surface area contributed by atoms with Gasteiger partial charge in [0.2, 0.25) is 0 Å². The number of nitrogens with zero attached hydrogens (tertiary/aromatic N) is 1. The summed E-state index contributed by atoms with van der Waals surface area (Å²) in [5, 5.41) is 3.47. The van der Waals surface area contributed by atoms with E-state index in [9.17, 15) is 0 Å². The lowest BCUT2D eigenvalue weighted by Gasteiger charge is -2.43. The fraction of sp³-hybridized carbons (Fsp3) is 0.647. The molecule has 0 aliphatic rings. The number of methoxy groups -OCH3 is 1. The predicted molar refractivity (Wildman–Crippen MR) is 88.0 cm³/mol. The minimum Gasteiger partial charge on any atom is -0.491 e. The van der Waals surface area contributed by atoms with Crippen molar-refractivity contribution in [2.45, 2.75) is 31.8 Å². The van der Waals surface area contributed by atoms with Gasteiger partial charge in [0.15, 0.2) is 0 Å². The van der Waals surface area contributed by atoms with Crippen molar-refractivity contribution in [3.8, 4) is 5.75 Å². The summed E-state index contributed by atoms with van der Waals surface area (Å²) in [6.45, 7) is 5.66. The summed E-state index contributed by atoms with van der Waals surface area (Å²) in [6, 6.07) is 8.43. The number of likely N-dealkylation sites (N-methyl/N-ethyl adjacent to an activating group) is 2. The van der Waals surface area contributed by atoms with Crippen LogP contribution < -0.4 is 10.1 Å². The highest BCUT2D eigenvalue weighted by Crippen LogP contribution is 2.36. The Morgan fingerprint density at radius 3 is 2.43 bits per heavy atom. The second kappa shape index (κ2) is 8.37. The third-order valence-electron chi connectivity index (χ3n) is 4.42. The molecule has 0 saturated carbocycles. The number of para-hydroxylation sites is 1. The lowest BCUT2D eigenvalue weighted by Crippen LogP contribution is -2.50. The van der Waals surface area contributed by atoms with Crippen molar-refractivity contribution in [2.24, 2.45) is 0 Å². The van der Waals surface area contributed by atoms with E-state index in [0.717, 1.165) is 12.2 Å². The minimum absolute atomic E-state index is 0.00939. The van der Waals surface area contributed by atoms with Gasteiger partial charge in [-0.2, -0.15) is 0 Å². The van der Waals surface area contributed by atoms with Gasteiger partial charge in [-0.25, -0.2) is 0 Å². The predicted octanol–water partition coefficient (Wildman–Crippen LogP) is 2.70. The summed E-state index contributed by atoms with van der Waals surface area (Å²) < 4.78 is 11.0. The van der Waals surface area contributed by atoms with E-state index < -0.39 is 0 Å². The second-order valence-corrected chi connectivity index (χ2v) is 5.71. The van der Waals surface area contributed by atoms with Gasteiger partial charge < -0.3 is 19.7 Å². The zero-order chi connectivity index (χ0) is 15.9. The molecular formula is C17H30N2O2. The third kappa shape index (κ3) is 4.19. The average Bonchev–Trinajstić information content (AvgIpc) is 2.49. The van der Waals surface area contributed by atoms with Crippen LogP contribution in [0.15, 0.2) is 24.3 Å². The van der Waals surface area contributed by atoms with Crippen LogP contribution in [-0.4, -0.2) is 51.9 Å². The number of benzene rings is 1. The highest BCUT2D eigenvalue weighted by atomic mass is 16.5. The molecule has 2 unspecified atom stereocenters. The largest absolute Gasteiger partial charge is 0.491 e. The smallest absolute Gasteiger partial charge is 0.124 e. The maximum Gasteiger partial charge on any atom is 0.124 e. The highest BCUT2D eigenvalue weighted by Gasteiger charge is 2.36. The van der Waals surface area contributed by atoms with Crippen LogP contribution in [0.5, 0.6) is 5.75 Å². The Morgan fingerprint density at radius 2 is 1.90 bits per heavy atom. The summed E-state index contributed by atoms with van der Waals surface area (Å²) in [6.07, 6.45) is 1.04. The molecular weight excluding hydrogens is 264 g/mol. The molecule has 120 valence electrons. The van der Waals surface area contributed by atoms with Crippen molar-refractivity contribution >= 4 is 0 Å². The molecule has 0 bridgehead atoms. The molecule has 0 amide bonds. The minimum atomic E-state index is 0.00939. The lowest BCUT2D eigenvalue weighted by molar-refractivity contribution is 0.112. The number of ether oxygens (including phenoxy) is 2. The number of hydrogen-bond donors (Lipinski definition) is 1. The molecule has 0 radical (unpaired) electrons. The van der Waals surface area contributed by atoms with Crippen LogP contribution in [0.1, 0.15) is 31.9 Å². The summed E-state index contributed by atoms with van der Waals surface area (Å²) >= 11 is 0. The molecule has 1 aromatic carbocycles. The van der Waals surface area contributed by atoms with Crippen molar-refractivity contribution in [1.82, 2.24) is 10.2 Å². The van der Waals surface area contributed by atoms with Crippen LogP contribution in [0, 0.1) is 0 Å². The number of rotatable bonds is 9. The van der Waals surface area contributed by atoms with E-state index in [1.165, 1.54) is 5.56 Å². The molecule has 0 heterocycles. The molecule has 0 aliphatic carbocycles. The van der Waals surface area contributed by atoms with Crippen LogP contribution in [0.4, 0.5) is 0 Å². The molecule has 0 fully saturated rings. The maximum atomic E-state index is 5.90. The zero-order valence-electron chi connectivity index (χ0n) is 14.3. The van der Waals surface area contributed by atoms with Crippen molar-refractivity contribution in [2.75, 3.05) is 41.5 Å². The van der Waals surface area contributed by atoms with Crippen LogP contribution in [0.25, 0.3) is 0 Å². The van der Waals surface area contributed by atoms with Gasteiger partial charge in [0.1, 0.15) is 12.4 Å². The Labute approximate surface area is 129 Å². The molecule has 0 spiro atoms. The first-order valence-electron chi connectivity index (χ1n) is 7.56. The molecule has 0 aliphatic heterocycles. The van der Waals surface area contributed by atoms with Crippen molar-refractivity contribution in [3.63, 3.8) is 0 Å². The van der Waals surface area contributed by atoms with Gasteiger partial charge >= 0.3 is 0 Å². The van der Waals surface area contributed by atoms with E-state index in [-0.39, 0.29) is 11.6 Å². The van der Waals surface area contributed by atoms with Gasteiger partial charge in [0.25, 0.3) is 0 Å². The summed E-state index contributed by atoms with van der Waals surface area (Å²) in [5.74, 6) is 0.926. The summed E-state index contributed by atoms with van der Waals surface area (Å²) in [4.78, 5) is 2.28. The second-order valence-electron chi connectivity index (χ2n) is 5.71. The molecule has 21 heavy (non-hydrogen) atoms. The maximum absolute atomic E-state index is 5.90. The van der Waals surface area contributed by atoms with Gasteiger partial charge in [-0.1, -0.05) is 25.1 Å². The Bertz CT molecular complexity index is 423. The molecule has 1 aromatic rings. The molecule has 4 nitrogen and oxygen atoms in total. The van der Waals surface area contributed by atoms with Crippen LogP contribution in [-0.2, 0) is 4.74 Å². The van der Waals surface area contributed by atoms with Crippen molar-refractivity contribution < 1.29 is 9.47 Å². The number of nitrogens with one attached hydrogen (secondary N) is 1. The Balaban J connectivity index is 3.10. The fourth-order valence-corrected chi connectivity index (χ4v) is 2.67. The molecule has 2 atom stereocenters. The van der Waals surface area contributed by atoms with E-state index in [0.29, 0.717) is 13.2 Å². The topological polar surface area (TPSA) is 33.7 Å². The summed E-state index contributed by atoms with van der Waals surface area (Å²) in [7, 11) is 7.95. The van der Waals surface area contributed by atoms with E-state index in [1.54, 1.807) is 7.11 Å². The van der Waals surface area contributed by atoms with Crippen LogP contribution in [0.2, 0.25) is 0 Å². The Morgan fingerprint density at radius 1 is 1.24 bits per heavy atom. The average molecular weight is 294 g/mol. The van der Waals surface area contributed by atoms with Crippen LogP contribution >= 0.6 is 0 Å². The van der Waals surface area contributed by atoms with Crippen molar-refractivity contribution in [3.05, 3.63) is 29.8 Å². The van der Waals surface area contributed by atoms with Gasteiger partial charge in [-0.05, 0) is 40.6 Å². The van der Waals surface area contributed by atoms with Gasteiger partial charge in [0, 0.05) is 18.2 Å². The van der Waals surface area contributed by atoms with E-state index >= 15 is 0 Å². The fourth-order valence-electron chi connectivity index (χ4n) is 2.67. The molecule has 0 saturated heterocycles. The zero-order valence-corrected chi connectivity index (χ0v) is 14.3. The monoisotopic (exact) mass is 294 g/mol. The highest BCUT2D eigenvalue weighted by molar-refractivity contribution is 5.38. The SMILES string of the molecule is CCC(C)(C(NC)c1ccccc1OCCOC)N(C)C. The van der Waals surface area contributed by atoms with Gasteiger partial charge in [0.05, 0.1) is 12.6 Å². The third-order valence-corrected chi connectivity index (χ3v) is 4.42. The Kier molecular flexibility index (Phi) is 7.15. The summed E-state index contributed by atoms with van der Waals surface area (Å²) in [5.41, 5.74) is 1.20. The first kappa shape index (κ1) is 18.0. The molecule has 1 rings (SSSR count). The van der Waals surface area contributed by atoms with Crippen LogP contribution in [0.3, 0.4) is 0 Å². The van der Waals surface area contributed by atoms with E-state index in [1.807, 2.05) is 19.2 Å². The van der Waals surface area contributed by atoms with E-state index in [4.69, 9.17) is 9.47 Å². The quantitative estimate of drug-likeness (QED) is 0.710. The molecule has 4 heteroatoms. The number of hydrogen-bond acceptors (Lipinski definition) is 4. The Hall–Kier alpha value is -1.10. The molecule has 0 aromatic heterocycles. The standard InChI is InChI=1S/C17H30N2O2/c1-7-17(2,19(4)5)16(18-3)14-10-8-9-11-15(14)21-13-12-20-6/h8-11,16,18H,7,12-13H2,1-6H3. The normalized spacial score (nSPS) is 15.8.